The fourth-order valence-corrected chi connectivity index (χ4v) is 6.07. The lowest BCUT2D eigenvalue weighted by Gasteiger charge is -2.32. The van der Waals surface area contributed by atoms with Crippen LogP contribution in [-0.4, -0.2) is 75.8 Å². The van der Waals surface area contributed by atoms with E-state index in [2.05, 4.69) is 32.2 Å². The number of nitrogens with two attached hydrogens (primary N) is 1. The van der Waals surface area contributed by atoms with Crippen molar-refractivity contribution in [3.05, 3.63) is 89.4 Å². The van der Waals surface area contributed by atoms with Crippen LogP contribution in [-0.2, 0) is 24.9 Å². The summed E-state index contributed by atoms with van der Waals surface area (Å²) >= 11 is 0. The third-order valence-electron chi connectivity index (χ3n) is 8.84. The monoisotopic (exact) mass is 615 g/mol. The Balaban J connectivity index is 1.05. The first-order chi connectivity index (χ1) is 21.7. The standard InChI is InChI=1S/C34H39F2N7O2/c1-41-10-12-43(13-11-41)20-28-29(35)15-24(16-30(28)36)23-8-6-22(7-9-23)21-45-32-5-3-4-31(32)40-34(44)27-14-25(17-38-33(27)37)26-18-39-42(2)19-26/h6-9,14-19,31-32H,3-5,10-13,20-21H2,1-2H3,(H2,37,38)(H,40,44)/t31-,32-/m0/s1. The maximum absolute atomic E-state index is 15.0. The van der Waals surface area contributed by atoms with E-state index in [1.54, 1.807) is 23.1 Å². The Labute approximate surface area is 262 Å². The van der Waals surface area contributed by atoms with Crippen molar-refractivity contribution in [3.8, 4) is 22.3 Å². The molecule has 1 saturated heterocycles. The van der Waals surface area contributed by atoms with Crippen LogP contribution in [0.1, 0.15) is 40.7 Å². The molecule has 11 heteroatoms. The number of carbonyl (C=O) groups is 1. The van der Waals surface area contributed by atoms with E-state index in [-0.39, 0.29) is 36.0 Å². The van der Waals surface area contributed by atoms with Gasteiger partial charge in [0.15, 0.2) is 0 Å². The number of aryl methyl sites for hydroxylation is 1. The van der Waals surface area contributed by atoms with Crippen molar-refractivity contribution in [2.75, 3.05) is 39.0 Å². The number of hydrogen-bond acceptors (Lipinski definition) is 7. The average Bonchev–Trinajstić information content (AvgIpc) is 3.67. The zero-order valence-corrected chi connectivity index (χ0v) is 25.7. The molecular weight excluding hydrogens is 576 g/mol. The molecule has 0 bridgehead atoms. The molecule has 0 unspecified atom stereocenters. The normalized spacial score (nSPS) is 19.2. The second-order valence-electron chi connectivity index (χ2n) is 12.1. The fraction of sp³-hybridized carbons (Fsp3) is 0.382. The highest BCUT2D eigenvalue weighted by molar-refractivity contribution is 5.99. The largest absolute Gasteiger partial charge is 0.383 e. The predicted molar refractivity (Wildman–Crippen MR) is 169 cm³/mol. The number of aromatic nitrogens is 3. The second kappa shape index (κ2) is 13.4. The molecule has 9 nitrogen and oxygen atoms in total. The molecule has 0 radical (unpaired) electrons. The van der Waals surface area contributed by atoms with Crippen LogP contribution in [0.15, 0.2) is 61.1 Å². The molecule has 2 aliphatic rings. The highest BCUT2D eigenvalue weighted by Crippen LogP contribution is 2.28. The fourth-order valence-electron chi connectivity index (χ4n) is 6.07. The number of hydrogen-bond donors (Lipinski definition) is 2. The Bertz CT molecular complexity index is 1630. The molecule has 2 aromatic heterocycles. The van der Waals surface area contributed by atoms with Gasteiger partial charge in [-0.3, -0.25) is 14.4 Å². The van der Waals surface area contributed by atoms with E-state index in [0.717, 1.165) is 67.7 Å². The van der Waals surface area contributed by atoms with E-state index in [4.69, 9.17) is 10.5 Å². The topological polar surface area (TPSA) is 102 Å². The molecule has 0 spiro atoms. The van der Waals surface area contributed by atoms with Gasteiger partial charge in [-0.05, 0) is 61.2 Å². The summed E-state index contributed by atoms with van der Waals surface area (Å²) in [6.07, 6.45) is 7.60. The Morgan fingerprint density at radius 1 is 0.956 bits per heavy atom. The average molecular weight is 616 g/mol. The van der Waals surface area contributed by atoms with Gasteiger partial charge in [-0.15, -0.1) is 0 Å². The van der Waals surface area contributed by atoms with Crippen LogP contribution in [0.3, 0.4) is 0 Å². The summed E-state index contributed by atoms with van der Waals surface area (Å²) in [4.78, 5) is 21.7. The molecule has 6 rings (SSSR count). The van der Waals surface area contributed by atoms with Crippen LogP contribution >= 0.6 is 0 Å². The second-order valence-corrected chi connectivity index (χ2v) is 12.1. The number of pyridine rings is 1. The summed E-state index contributed by atoms with van der Waals surface area (Å²) in [7, 11) is 3.88. The van der Waals surface area contributed by atoms with Gasteiger partial charge in [-0.2, -0.15) is 5.10 Å². The Hall–Kier alpha value is -4.19. The Morgan fingerprint density at radius 2 is 1.69 bits per heavy atom. The first kappa shape index (κ1) is 30.8. The zero-order chi connectivity index (χ0) is 31.5. The van der Waals surface area contributed by atoms with Crippen molar-refractivity contribution < 1.29 is 18.3 Å². The minimum Gasteiger partial charge on any atom is -0.383 e. The number of ether oxygens (including phenoxy) is 1. The number of piperazine rings is 1. The lowest BCUT2D eigenvalue weighted by molar-refractivity contribution is 0.0272. The first-order valence-electron chi connectivity index (χ1n) is 15.4. The van der Waals surface area contributed by atoms with Crippen LogP contribution in [0.5, 0.6) is 0 Å². The third kappa shape index (κ3) is 7.22. The van der Waals surface area contributed by atoms with E-state index in [0.29, 0.717) is 17.7 Å². The molecule has 1 aliphatic heterocycles. The number of nitrogen functional groups attached to an aromatic ring is 1. The Kier molecular flexibility index (Phi) is 9.20. The minimum atomic E-state index is -0.521. The summed E-state index contributed by atoms with van der Waals surface area (Å²) in [5, 5.41) is 7.28. The number of carbonyl (C=O) groups excluding carboxylic acids is 1. The van der Waals surface area contributed by atoms with Crippen LogP contribution in [0.4, 0.5) is 14.6 Å². The summed E-state index contributed by atoms with van der Waals surface area (Å²) in [5.74, 6) is -1.16. The molecule has 1 amide bonds. The van der Waals surface area contributed by atoms with Gasteiger partial charge < -0.3 is 20.7 Å². The zero-order valence-electron chi connectivity index (χ0n) is 25.7. The molecular formula is C34H39F2N7O2. The van der Waals surface area contributed by atoms with Crippen molar-refractivity contribution in [1.82, 2.24) is 29.9 Å². The number of nitrogens with zero attached hydrogens (tertiary/aromatic N) is 5. The molecule has 2 aromatic carbocycles. The number of rotatable bonds is 9. The number of anilines is 1. The molecule has 4 aromatic rings. The van der Waals surface area contributed by atoms with Crippen molar-refractivity contribution in [1.29, 1.82) is 0 Å². The number of benzene rings is 2. The molecule has 1 saturated carbocycles. The lowest BCUT2D eigenvalue weighted by Crippen LogP contribution is -2.44. The van der Waals surface area contributed by atoms with Crippen molar-refractivity contribution >= 4 is 11.7 Å². The van der Waals surface area contributed by atoms with Gasteiger partial charge in [0.25, 0.3) is 5.91 Å². The van der Waals surface area contributed by atoms with E-state index in [1.807, 2.05) is 37.5 Å². The summed E-state index contributed by atoms with van der Waals surface area (Å²) in [6.45, 7) is 3.99. The molecule has 236 valence electrons. The Morgan fingerprint density at radius 3 is 2.38 bits per heavy atom. The maximum Gasteiger partial charge on any atom is 0.255 e. The molecule has 2 atom stereocenters. The van der Waals surface area contributed by atoms with Crippen LogP contribution in [0, 0.1) is 11.6 Å². The summed E-state index contributed by atoms with van der Waals surface area (Å²) in [6, 6.07) is 11.9. The number of amides is 1. The van der Waals surface area contributed by atoms with Crippen LogP contribution in [0.25, 0.3) is 22.3 Å². The smallest absolute Gasteiger partial charge is 0.255 e. The molecule has 2 fully saturated rings. The number of likely N-dealkylation sites (N-methyl/N-ethyl adjacent to an activating group) is 1. The van der Waals surface area contributed by atoms with Gasteiger partial charge in [-0.1, -0.05) is 24.3 Å². The van der Waals surface area contributed by atoms with Gasteiger partial charge >= 0.3 is 0 Å². The highest BCUT2D eigenvalue weighted by Gasteiger charge is 2.30. The van der Waals surface area contributed by atoms with E-state index >= 15 is 8.78 Å². The van der Waals surface area contributed by atoms with Gasteiger partial charge in [0.05, 0.1) is 30.5 Å². The highest BCUT2D eigenvalue weighted by atomic mass is 19.1. The summed E-state index contributed by atoms with van der Waals surface area (Å²) < 4.78 is 38.0. The van der Waals surface area contributed by atoms with Gasteiger partial charge in [0, 0.05) is 68.9 Å². The maximum atomic E-state index is 15.0. The van der Waals surface area contributed by atoms with Crippen LogP contribution < -0.4 is 11.1 Å². The minimum absolute atomic E-state index is 0.117. The quantitative estimate of drug-likeness (QED) is 0.283. The molecule has 45 heavy (non-hydrogen) atoms. The molecule has 3 N–H and O–H groups in total. The SMILES string of the molecule is CN1CCN(Cc2c(F)cc(-c3ccc(CO[C@H]4CCC[C@@H]4NC(=O)c4cc(-c5cnn(C)c5)cnc4N)cc3)cc2F)CC1. The van der Waals surface area contributed by atoms with Gasteiger partial charge in [-0.25, -0.2) is 13.8 Å². The number of halogens is 2. The lowest BCUT2D eigenvalue weighted by atomic mass is 10.0. The van der Waals surface area contributed by atoms with Crippen molar-refractivity contribution in [3.63, 3.8) is 0 Å². The van der Waals surface area contributed by atoms with Crippen LogP contribution in [0.2, 0.25) is 0 Å². The first-order valence-corrected chi connectivity index (χ1v) is 15.4. The van der Waals surface area contributed by atoms with E-state index < -0.39 is 11.6 Å². The van der Waals surface area contributed by atoms with Gasteiger partial charge in [0.2, 0.25) is 0 Å². The molecule has 1 aliphatic carbocycles. The van der Waals surface area contributed by atoms with E-state index in [9.17, 15) is 4.79 Å². The van der Waals surface area contributed by atoms with E-state index in [1.165, 1.54) is 12.1 Å². The number of nitrogens with one attached hydrogen (secondary N) is 1. The summed E-state index contributed by atoms with van der Waals surface area (Å²) in [5.41, 5.74) is 10.3. The van der Waals surface area contributed by atoms with Crippen molar-refractivity contribution in [2.45, 2.75) is 44.6 Å². The molecule has 3 heterocycles. The van der Waals surface area contributed by atoms with Crippen molar-refractivity contribution in [2.24, 2.45) is 7.05 Å². The van der Waals surface area contributed by atoms with Gasteiger partial charge in [0.1, 0.15) is 17.5 Å². The third-order valence-corrected chi connectivity index (χ3v) is 8.84. The predicted octanol–water partition coefficient (Wildman–Crippen LogP) is 4.62.